The predicted molar refractivity (Wildman–Crippen MR) is 75.1 cm³/mol. The maximum Gasteiger partial charge on any atom is 0.194 e. The molecule has 2 heterocycles. The van der Waals surface area contributed by atoms with E-state index in [0.717, 1.165) is 48.1 Å². The maximum atomic E-state index is 5.77. The zero-order valence-corrected chi connectivity index (χ0v) is 12.1. The van der Waals surface area contributed by atoms with Crippen LogP contribution < -0.4 is 5.32 Å². The Morgan fingerprint density at radius 2 is 2.05 bits per heavy atom. The molecule has 0 radical (unpaired) electrons. The summed E-state index contributed by atoms with van der Waals surface area (Å²) in [5.74, 6) is 3.35. The summed E-state index contributed by atoms with van der Waals surface area (Å²) in [4.78, 5) is 4.32. The molecule has 104 valence electrons. The Labute approximate surface area is 114 Å². The van der Waals surface area contributed by atoms with Gasteiger partial charge in [0, 0.05) is 12.5 Å². The van der Waals surface area contributed by atoms with Gasteiger partial charge < -0.3 is 14.2 Å². The van der Waals surface area contributed by atoms with Crippen LogP contribution in [0.2, 0.25) is 0 Å². The van der Waals surface area contributed by atoms with E-state index in [2.05, 4.69) is 24.1 Å². The molecular weight excluding hydrogens is 240 g/mol. The highest BCUT2D eigenvalue weighted by Gasteiger charge is 2.12. The molecule has 0 aliphatic carbocycles. The van der Waals surface area contributed by atoms with Crippen molar-refractivity contribution >= 4 is 0 Å². The largest absolute Gasteiger partial charge is 0.466 e. The molecule has 4 nitrogen and oxygen atoms in total. The molecular formula is C15H22N2O2. The maximum absolute atomic E-state index is 5.77. The Kier molecular flexibility index (Phi) is 4.43. The van der Waals surface area contributed by atoms with Crippen molar-refractivity contribution in [3.05, 3.63) is 29.7 Å². The van der Waals surface area contributed by atoms with Gasteiger partial charge in [-0.05, 0) is 32.9 Å². The number of oxazole rings is 1. The summed E-state index contributed by atoms with van der Waals surface area (Å²) < 4.78 is 11.3. The van der Waals surface area contributed by atoms with Crippen LogP contribution in [0.5, 0.6) is 0 Å². The van der Waals surface area contributed by atoms with E-state index in [9.17, 15) is 0 Å². The van der Waals surface area contributed by atoms with E-state index >= 15 is 0 Å². The first kappa shape index (κ1) is 13.9. The molecule has 2 aromatic heterocycles. The van der Waals surface area contributed by atoms with E-state index in [1.807, 2.05) is 19.9 Å². The summed E-state index contributed by atoms with van der Waals surface area (Å²) in [6.07, 6.45) is 3.67. The van der Waals surface area contributed by atoms with E-state index in [-0.39, 0.29) is 0 Å². The van der Waals surface area contributed by atoms with Gasteiger partial charge in [-0.1, -0.05) is 13.8 Å². The van der Waals surface area contributed by atoms with Gasteiger partial charge in [0.15, 0.2) is 11.7 Å². The van der Waals surface area contributed by atoms with Crippen LogP contribution in [-0.2, 0) is 6.42 Å². The minimum Gasteiger partial charge on any atom is -0.466 e. The standard InChI is InChI=1S/C15H22N2O2/c1-10(2)16-7-5-6-15-17-9-14(19-15)13-8-11(3)18-12(13)4/h8-10,16H,5-7H2,1-4H3. The number of aromatic nitrogens is 1. The van der Waals surface area contributed by atoms with Gasteiger partial charge >= 0.3 is 0 Å². The second-order valence-corrected chi connectivity index (χ2v) is 5.16. The zero-order valence-electron chi connectivity index (χ0n) is 12.1. The fourth-order valence-corrected chi connectivity index (χ4v) is 2.06. The SMILES string of the molecule is Cc1cc(-c2cnc(CCCNC(C)C)o2)c(C)o1. The highest BCUT2D eigenvalue weighted by atomic mass is 16.4. The van der Waals surface area contributed by atoms with E-state index in [4.69, 9.17) is 8.83 Å². The first-order chi connectivity index (χ1) is 9.06. The molecule has 0 aliphatic heterocycles. The highest BCUT2D eigenvalue weighted by molar-refractivity contribution is 5.59. The molecule has 0 atom stereocenters. The van der Waals surface area contributed by atoms with Crippen molar-refractivity contribution in [3.8, 4) is 11.3 Å². The van der Waals surface area contributed by atoms with Crippen molar-refractivity contribution in [2.45, 2.75) is 46.6 Å². The minimum atomic E-state index is 0.525. The van der Waals surface area contributed by atoms with Crippen LogP contribution >= 0.6 is 0 Å². The van der Waals surface area contributed by atoms with Crippen molar-refractivity contribution in [1.82, 2.24) is 10.3 Å². The average molecular weight is 262 g/mol. The van der Waals surface area contributed by atoms with Crippen LogP contribution in [0.4, 0.5) is 0 Å². The van der Waals surface area contributed by atoms with Gasteiger partial charge in [-0.2, -0.15) is 0 Å². The zero-order chi connectivity index (χ0) is 13.8. The molecule has 4 heteroatoms. The topological polar surface area (TPSA) is 51.2 Å². The molecule has 2 rings (SSSR count). The molecule has 1 N–H and O–H groups in total. The second-order valence-electron chi connectivity index (χ2n) is 5.16. The Bertz CT molecular complexity index is 526. The Morgan fingerprint density at radius 3 is 2.68 bits per heavy atom. The number of aryl methyl sites for hydroxylation is 3. The predicted octanol–water partition coefficient (Wildman–Crippen LogP) is 3.48. The summed E-state index contributed by atoms with van der Waals surface area (Å²) in [6, 6.07) is 2.51. The fourth-order valence-electron chi connectivity index (χ4n) is 2.06. The molecule has 0 amide bonds. The van der Waals surface area contributed by atoms with Gasteiger partial charge in [-0.3, -0.25) is 0 Å². The molecule has 0 saturated heterocycles. The lowest BCUT2D eigenvalue weighted by Crippen LogP contribution is -2.23. The number of hydrogen-bond acceptors (Lipinski definition) is 4. The summed E-state index contributed by atoms with van der Waals surface area (Å²) in [5.41, 5.74) is 0.997. The third kappa shape index (κ3) is 3.70. The Hall–Kier alpha value is -1.55. The number of rotatable bonds is 6. The number of furan rings is 1. The van der Waals surface area contributed by atoms with Crippen LogP contribution in [0.25, 0.3) is 11.3 Å². The minimum absolute atomic E-state index is 0.525. The van der Waals surface area contributed by atoms with Crippen molar-refractivity contribution in [3.63, 3.8) is 0 Å². The van der Waals surface area contributed by atoms with Crippen LogP contribution in [-0.4, -0.2) is 17.6 Å². The van der Waals surface area contributed by atoms with Gasteiger partial charge in [0.25, 0.3) is 0 Å². The Morgan fingerprint density at radius 1 is 1.26 bits per heavy atom. The highest BCUT2D eigenvalue weighted by Crippen LogP contribution is 2.27. The average Bonchev–Trinajstić information content (AvgIpc) is 2.91. The van der Waals surface area contributed by atoms with Gasteiger partial charge in [0.2, 0.25) is 0 Å². The first-order valence-electron chi connectivity index (χ1n) is 6.81. The normalized spacial score (nSPS) is 11.4. The second kappa shape index (κ2) is 6.06. The van der Waals surface area contributed by atoms with Crippen LogP contribution in [0, 0.1) is 13.8 Å². The van der Waals surface area contributed by atoms with Gasteiger partial charge in [0.1, 0.15) is 11.5 Å². The van der Waals surface area contributed by atoms with Crippen molar-refractivity contribution in [2.75, 3.05) is 6.54 Å². The van der Waals surface area contributed by atoms with E-state index in [1.165, 1.54) is 0 Å². The lowest BCUT2D eigenvalue weighted by molar-refractivity contribution is 0.480. The van der Waals surface area contributed by atoms with Crippen LogP contribution in [0.15, 0.2) is 21.1 Å². The fraction of sp³-hybridized carbons (Fsp3) is 0.533. The van der Waals surface area contributed by atoms with Crippen molar-refractivity contribution in [1.29, 1.82) is 0 Å². The third-order valence-corrected chi connectivity index (χ3v) is 2.98. The molecule has 19 heavy (non-hydrogen) atoms. The summed E-state index contributed by atoms with van der Waals surface area (Å²) in [7, 11) is 0. The van der Waals surface area contributed by atoms with E-state index in [0.29, 0.717) is 6.04 Å². The van der Waals surface area contributed by atoms with Gasteiger partial charge in [-0.15, -0.1) is 0 Å². The van der Waals surface area contributed by atoms with Gasteiger partial charge in [0.05, 0.1) is 11.8 Å². The lowest BCUT2D eigenvalue weighted by Gasteiger charge is -2.05. The summed E-state index contributed by atoms with van der Waals surface area (Å²) in [5, 5.41) is 3.38. The van der Waals surface area contributed by atoms with Crippen molar-refractivity contribution in [2.24, 2.45) is 0 Å². The van der Waals surface area contributed by atoms with E-state index < -0.39 is 0 Å². The summed E-state index contributed by atoms with van der Waals surface area (Å²) >= 11 is 0. The monoisotopic (exact) mass is 262 g/mol. The smallest absolute Gasteiger partial charge is 0.194 e. The number of hydrogen-bond donors (Lipinski definition) is 1. The number of nitrogens with one attached hydrogen (secondary N) is 1. The van der Waals surface area contributed by atoms with Gasteiger partial charge in [-0.25, -0.2) is 4.98 Å². The third-order valence-electron chi connectivity index (χ3n) is 2.98. The van der Waals surface area contributed by atoms with Crippen molar-refractivity contribution < 1.29 is 8.83 Å². The van der Waals surface area contributed by atoms with Crippen LogP contribution in [0.3, 0.4) is 0 Å². The van der Waals surface area contributed by atoms with E-state index in [1.54, 1.807) is 6.20 Å². The summed E-state index contributed by atoms with van der Waals surface area (Å²) in [6.45, 7) is 9.15. The molecule has 0 unspecified atom stereocenters. The molecule has 0 fully saturated rings. The molecule has 0 spiro atoms. The number of nitrogens with zero attached hydrogens (tertiary/aromatic N) is 1. The molecule has 0 bridgehead atoms. The molecule has 2 aromatic rings. The molecule has 0 saturated carbocycles. The first-order valence-corrected chi connectivity index (χ1v) is 6.81. The lowest BCUT2D eigenvalue weighted by atomic mass is 10.2. The Balaban J connectivity index is 1.94. The quantitative estimate of drug-likeness (QED) is 0.810. The molecule has 0 aliphatic rings. The van der Waals surface area contributed by atoms with Crippen LogP contribution in [0.1, 0.15) is 37.7 Å². The molecule has 0 aromatic carbocycles.